The zero-order valence-corrected chi connectivity index (χ0v) is 47.4. The lowest BCUT2D eigenvalue weighted by atomic mass is 10.0. The molecule has 0 saturated carbocycles. The number of rotatable bonds is 52. The van der Waals surface area contributed by atoms with E-state index in [0.29, 0.717) is 17.4 Å². The average molecular weight is 1000 g/mol. The Bertz CT molecular complexity index is 1390. The van der Waals surface area contributed by atoms with E-state index in [0.717, 1.165) is 109 Å². The quantitative estimate of drug-likeness (QED) is 0.0205. The van der Waals surface area contributed by atoms with E-state index in [1.807, 2.05) is 33.3 Å². The minimum absolute atomic E-state index is 0.0361. The molecule has 0 heterocycles. The highest BCUT2D eigenvalue weighted by Crippen LogP contribution is 2.43. The van der Waals surface area contributed by atoms with Crippen LogP contribution >= 0.6 is 7.82 Å². The second-order valence-electron chi connectivity index (χ2n) is 20.8. The molecule has 3 unspecified atom stereocenters. The zero-order valence-electron chi connectivity index (χ0n) is 46.5. The molecule has 70 heavy (non-hydrogen) atoms. The van der Waals surface area contributed by atoms with E-state index >= 15 is 0 Å². The van der Waals surface area contributed by atoms with Crippen LogP contribution < -0.4 is 5.32 Å². The number of hydrogen-bond acceptors (Lipinski definition) is 6. The fourth-order valence-electron chi connectivity index (χ4n) is 8.10. The van der Waals surface area contributed by atoms with Gasteiger partial charge >= 0.3 is 13.8 Å². The number of phosphoric ester groups is 1. The SMILES string of the molecule is CCCC/C=C\CCCCCCCC(=O)OC(/C=C\CCCCCCCCCCCC)C(COP(=O)(O)OCC[N+](C)(C)C)NC(=O)CCCCCCCCCC/C=C\C/C=C\C/C=C\CCCCC. The van der Waals surface area contributed by atoms with Crippen molar-refractivity contribution >= 4 is 19.7 Å². The van der Waals surface area contributed by atoms with E-state index in [1.54, 1.807) is 0 Å². The maximum Gasteiger partial charge on any atom is 0.472 e. The molecule has 0 rings (SSSR count). The summed E-state index contributed by atoms with van der Waals surface area (Å²) in [6.07, 6.45) is 62.1. The number of carbonyl (C=O) groups excluding carboxylic acids is 2. The maximum absolute atomic E-state index is 13.5. The number of ether oxygens (including phenoxy) is 1. The summed E-state index contributed by atoms with van der Waals surface area (Å²) in [5, 5.41) is 3.04. The molecule has 0 radical (unpaired) electrons. The summed E-state index contributed by atoms with van der Waals surface area (Å²) in [5.41, 5.74) is 0. The van der Waals surface area contributed by atoms with Gasteiger partial charge in [0.2, 0.25) is 5.91 Å². The maximum atomic E-state index is 13.5. The van der Waals surface area contributed by atoms with Crippen molar-refractivity contribution in [3.8, 4) is 0 Å². The van der Waals surface area contributed by atoms with Crippen molar-refractivity contribution < 1.29 is 37.3 Å². The number of quaternary nitrogens is 1. The van der Waals surface area contributed by atoms with Gasteiger partial charge < -0.3 is 19.4 Å². The number of nitrogens with one attached hydrogen (secondary N) is 1. The number of likely N-dealkylation sites (N-methyl/N-ethyl adjacent to an activating group) is 1. The molecule has 0 fully saturated rings. The average Bonchev–Trinajstić information content (AvgIpc) is 3.32. The fourth-order valence-corrected chi connectivity index (χ4v) is 8.84. The highest BCUT2D eigenvalue weighted by molar-refractivity contribution is 7.47. The summed E-state index contributed by atoms with van der Waals surface area (Å²) in [6.45, 7) is 6.93. The highest BCUT2D eigenvalue weighted by atomic mass is 31.2. The molecule has 0 aromatic heterocycles. The van der Waals surface area contributed by atoms with Crippen LogP contribution in [0.4, 0.5) is 0 Å². The second kappa shape index (κ2) is 50.3. The Balaban J connectivity index is 5.26. The van der Waals surface area contributed by atoms with Crippen LogP contribution in [0.25, 0.3) is 0 Å². The molecule has 9 nitrogen and oxygen atoms in total. The summed E-state index contributed by atoms with van der Waals surface area (Å²) >= 11 is 0. The molecule has 0 aliphatic carbocycles. The van der Waals surface area contributed by atoms with Gasteiger partial charge in [-0.1, -0.05) is 217 Å². The third-order valence-corrected chi connectivity index (χ3v) is 13.7. The van der Waals surface area contributed by atoms with E-state index in [2.05, 4.69) is 74.7 Å². The van der Waals surface area contributed by atoms with Gasteiger partial charge in [0.25, 0.3) is 0 Å². The molecule has 1 amide bonds. The van der Waals surface area contributed by atoms with Crippen molar-refractivity contribution in [2.24, 2.45) is 0 Å². The number of carbonyl (C=O) groups is 2. The van der Waals surface area contributed by atoms with E-state index in [9.17, 15) is 19.0 Å². The predicted molar refractivity (Wildman–Crippen MR) is 300 cm³/mol. The first-order valence-corrected chi connectivity index (χ1v) is 30.6. The number of hydrogen-bond donors (Lipinski definition) is 2. The lowest BCUT2D eigenvalue weighted by molar-refractivity contribution is -0.870. The molecule has 0 saturated heterocycles. The Hall–Kier alpha value is -2.29. The van der Waals surface area contributed by atoms with Crippen molar-refractivity contribution in [3.05, 3.63) is 60.8 Å². The van der Waals surface area contributed by atoms with Gasteiger partial charge in [0, 0.05) is 12.8 Å². The summed E-state index contributed by atoms with van der Waals surface area (Å²) in [4.78, 5) is 37.5. The molecule has 0 aromatic carbocycles. The van der Waals surface area contributed by atoms with Crippen LogP contribution in [0.2, 0.25) is 0 Å². The van der Waals surface area contributed by atoms with Crippen molar-refractivity contribution in [2.45, 2.75) is 270 Å². The molecule has 408 valence electrons. The topological polar surface area (TPSA) is 111 Å². The van der Waals surface area contributed by atoms with Gasteiger partial charge in [0.1, 0.15) is 19.3 Å². The molecule has 0 aromatic rings. The lowest BCUT2D eigenvalue weighted by Gasteiger charge is -2.27. The lowest BCUT2D eigenvalue weighted by Crippen LogP contribution is -2.47. The molecular weight excluding hydrogens is 892 g/mol. The van der Waals surface area contributed by atoms with Gasteiger partial charge in [-0.3, -0.25) is 18.6 Å². The Labute approximate surface area is 432 Å². The number of phosphoric acid groups is 1. The van der Waals surface area contributed by atoms with Crippen LogP contribution in [-0.2, 0) is 27.9 Å². The van der Waals surface area contributed by atoms with Crippen LogP contribution in [0.1, 0.15) is 258 Å². The zero-order chi connectivity index (χ0) is 51.5. The van der Waals surface area contributed by atoms with Crippen molar-refractivity contribution in [1.82, 2.24) is 5.32 Å². The van der Waals surface area contributed by atoms with Gasteiger partial charge in [0.15, 0.2) is 0 Å². The van der Waals surface area contributed by atoms with Gasteiger partial charge in [-0.25, -0.2) is 4.57 Å². The van der Waals surface area contributed by atoms with Crippen molar-refractivity contribution in [3.63, 3.8) is 0 Å². The van der Waals surface area contributed by atoms with Gasteiger partial charge in [0.05, 0.1) is 33.8 Å². The Morgan fingerprint density at radius 3 is 1.39 bits per heavy atom. The molecule has 0 aliphatic heterocycles. The summed E-state index contributed by atoms with van der Waals surface area (Å²) < 4.78 is 30.6. The van der Waals surface area contributed by atoms with E-state index < -0.39 is 20.0 Å². The van der Waals surface area contributed by atoms with Crippen molar-refractivity contribution in [2.75, 3.05) is 40.9 Å². The van der Waals surface area contributed by atoms with Crippen LogP contribution in [0.5, 0.6) is 0 Å². The minimum Gasteiger partial charge on any atom is -0.456 e. The molecule has 3 atom stereocenters. The monoisotopic (exact) mass is 1000 g/mol. The van der Waals surface area contributed by atoms with Crippen LogP contribution in [0.15, 0.2) is 60.8 Å². The van der Waals surface area contributed by atoms with Gasteiger partial charge in [-0.15, -0.1) is 0 Å². The molecule has 2 N–H and O–H groups in total. The van der Waals surface area contributed by atoms with Gasteiger partial charge in [-0.05, 0) is 89.5 Å². The Morgan fingerprint density at radius 1 is 0.500 bits per heavy atom. The molecule has 10 heteroatoms. The normalized spacial score (nSPS) is 14.2. The number of allylic oxidation sites excluding steroid dienone is 9. The van der Waals surface area contributed by atoms with E-state index in [1.165, 1.54) is 116 Å². The van der Waals surface area contributed by atoms with Crippen LogP contribution in [0, 0.1) is 0 Å². The summed E-state index contributed by atoms with van der Waals surface area (Å²) in [5.74, 6) is -0.524. The minimum atomic E-state index is -4.45. The Kier molecular flexibility index (Phi) is 48.6. The van der Waals surface area contributed by atoms with E-state index in [4.69, 9.17) is 13.8 Å². The molecule has 0 spiro atoms. The number of unbranched alkanes of at least 4 members (excludes halogenated alkanes) is 28. The standard InChI is InChI=1S/C60H111N2O7P/c1-7-10-13-16-19-22-25-27-28-29-30-31-32-33-34-35-38-40-43-46-49-52-59(63)61-57(56-68-70(65,66)67-55-54-62(4,5)6)58(51-48-45-42-39-37-26-23-20-17-14-11-8-2)69-60(64)53-50-47-44-41-36-24-21-18-15-12-9-3/h18-19,21-22,27-28,30-31,48,51,57-58H,7-17,20,23-26,29,32-47,49-50,52-56H2,1-6H3,(H-,61,63,65,66)/p+1/b21-18-,22-19-,28-27-,31-30-,51-48-. The highest BCUT2D eigenvalue weighted by Gasteiger charge is 2.30. The van der Waals surface area contributed by atoms with Crippen LogP contribution in [0.3, 0.4) is 0 Å². The van der Waals surface area contributed by atoms with Crippen LogP contribution in [-0.4, -0.2) is 74.3 Å². The largest absolute Gasteiger partial charge is 0.472 e. The first-order valence-electron chi connectivity index (χ1n) is 29.1. The second-order valence-corrected chi connectivity index (χ2v) is 22.3. The molecule has 0 bridgehead atoms. The van der Waals surface area contributed by atoms with E-state index in [-0.39, 0.29) is 31.5 Å². The number of nitrogens with zero attached hydrogens (tertiary/aromatic N) is 1. The summed E-state index contributed by atoms with van der Waals surface area (Å²) in [6, 6.07) is -0.855. The predicted octanol–water partition coefficient (Wildman–Crippen LogP) is 17.5. The third-order valence-electron chi connectivity index (χ3n) is 12.7. The fraction of sp³-hybridized carbons (Fsp3) is 0.800. The third kappa shape index (κ3) is 50.6. The first-order chi connectivity index (χ1) is 33.9. The summed E-state index contributed by atoms with van der Waals surface area (Å²) in [7, 11) is 1.48. The van der Waals surface area contributed by atoms with Gasteiger partial charge in [-0.2, -0.15) is 0 Å². The Morgan fingerprint density at radius 2 is 0.886 bits per heavy atom. The number of esters is 1. The molecular formula is C60H112N2O7P+. The first kappa shape index (κ1) is 67.7. The smallest absolute Gasteiger partial charge is 0.456 e. The van der Waals surface area contributed by atoms with Crippen molar-refractivity contribution in [1.29, 1.82) is 0 Å². The number of amides is 1. The molecule has 0 aliphatic rings.